The van der Waals surface area contributed by atoms with Crippen molar-refractivity contribution in [2.45, 2.75) is 26.7 Å². The van der Waals surface area contributed by atoms with Gasteiger partial charge in [-0.05, 0) is 35.4 Å². The van der Waals surface area contributed by atoms with Gasteiger partial charge in [0, 0.05) is 28.6 Å². The van der Waals surface area contributed by atoms with Gasteiger partial charge in [0.1, 0.15) is 0 Å². The largest absolute Gasteiger partial charge is 0.254 e. The van der Waals surface area contributed by atoms with Crippen LogP contribution in [0.3, 0.4) is 0 Å². The first-order valence-corrected chi connectivity index (χ1v) is 7.91. The molecule has 22 heavy (non-hydrogen) atoms. The number of benzene rings is 2. The summed E-state index contributed by atoms with van der Waals surface area (Å²) in [5.41, 5.74) is 4.89. The number of hydrogen-bond acceptors (Lipinski definition) is 2. The predicted molar refractivity (Wildman–Crippen MR) is 93.3 cm³/mol. The molecule has 0 saturated heterocycles. The van der Waals surface area contributed by atoms with Crippen LogP contribution in [0.4, 0.5) is 0 Å². The molecule has 0 radical (unpaired) electrons. The fourth-order valence-corrected chi connectivity index (χ4v) is 3.59. The summed E-state index contributed by atoms with van der Waals surface area (Å²) in [5, 5.41) is 5.01. The first kappa shape index (κ1) is 13.2. The summed E-state index contributed by atoms with van der Waals surface area (Å²) in [6.07, 6.45) is 5.87. The van der Waals surface area contributed by atoms with Crippen LogP contribution < -0.4 is 0 Å². The predicted octanol–water partition coefficient (Wildman–Crippen LogP) is 5.06. The van der Waals surface area contributed by atoms with Crippen LogP contribution in [0.15, 0.2) is 48.8 Å². The van der Waals surface area contributed by atoms with Crippen LogP contribution >= 0.6 is 0 Å². The molecule has 2 aromatic carbocycles. The Morgan fingerprint density at radius 2 is 1.55 bits per heavy atom. The lowest BCUT2D eigenvalue weighted by molar-refractivity contribution is 1.06. The second-order valence-electron chi connectivity index (χ2n) is 5.63. The van der Waals surface area contributed by atoms with Gasteiger partial charge in [-0.25, -0.2) is 0 Å². The Morgan fingerprint density at radius 1 is 0.773 bits per heavy atom. The molecule has 0 aliphatic heterocycles. The molecular weight excluding hydrogens is 268 g/mol. The molecule has 108 valence electrons. The molecule has 0 unspecified atom stereocenters. The van der Waals surface area contributed by atoms with Gasteiger partial charge in [0.15, 0.2) is 0 Å². The molecule has 0 bridgehead atoms. The summed E-state index contributed by atoms with van der Waals surface area (Å²) >= 11 is 0. The van der Waals surface area contributed by atoms with Crippen molar-refractivity contribution in [3.63, 3.8) is 0 Å². The van der Waals surface area contributed by atoms with Gasteiger partial charge < -0.3 is 0 Å². The molecule has 0 amide bonds. The van der Waals surface area contributed by atoms with E-state index < -0.39 is 0 Å². The topological polar surface area (TPSA) is 25.8 Å². The monoisotopic (exact) mass is 286 g/mol. The molecule has 4 rings (SSSR count). The van der Waals surface area contributed by atoms with Gasteiger partial charge in [-0.1, -0.05) is 44.2 Å². The molecule has 4 aromatic rings. The molecule has 2 heteroatoms. The van der Waals surface area contributed by atoms with Gasteiger partial charge in [0.25, 0.3) is 0 Å². The summed E-state index contributed by atoms with van der Waals surface area (Å²) in [6, 6.07) is 12.7. The Balaban J connectivity index is 2.36. The van der Waals surface area contributed by atoms with E-state index in [9.17, 15) is 0 Å². The van der Waals surface area contributed by atoms with E-state index in [0.717, 1.165) is 23.9 Å². The second-order valence-corrected chi connectivity index (χ2v) is 5.63. The maximum atomic E-state index is 4.76. The van der Waals surface area contributed by atoms with Gasteiger partial charge in [0.2, 0.25) is 0 Å². The maximum Gasteiger partial charge on any atom is 0.0974 e. The second kappa shape index (κ2) is 5.06. The van der Waals surface area contributed by atoms with E-state index in [2.05, 4.69) is 49.2 Å². The number of aryl methyl sites for hydroxylation is 2. The molecule has 0 N–H and O–H groups in total. The zero-order chi connectivity index (χ0) is 15.1. The molecule has 2 aromatic heterocycles. The van der Waals surface area contributed by atoms with Crippen molar-refractivity contribution in [2.24, 2.45) is 0 Å². The van der Waals surface area contributed by atoms with E-state index in [0.29, 0.717) is 0 Å². The Kier molecular flexibility index (Phi) is 3.04. The van der Waals surface area contributed by atoms with Crippen LogP contribution in [0, 0.1) is 0 Å². The van der Waals surface area contributed by atoms with E-state index in [1.54, 1.807) is 0 Å². The third-order valence-corrected chi connectivity index (χ3v) is 4.53. The molecular formula is C20H18N2. The van der Waals surface area contributed by atoms with Crippen molar-refractivity contribution < 1.29 is 0 Å². The lowest BCUT2D eigenvalue weighted by atomic mass is 9.91. The van der Waals surface area contributed by atoms with Crippen LogP contribution in [-0.4, -0.2) is 9.97 Å². The third kappa shape index (κ3) is 1.73. The summed E-state index contributed by atoms with van der Waals surface area (Å²) in [7, 11) is 0. The van der Waals surface area contributed by atoms with E-state index in [-0.39, 0.29) is 0 Å². The van der Waals surface area contributed by atoms with Crippen LogP contribution in [0.2, 0.25) is 0 Å². The van der Waals surface area contributed by atoms with Gasteiger partial charge >= 0.3 is 0 Å². The SMILES string of the molecule is CCc1c(CC)c2c3ccccc3cnc2c2ncccc12. The lowest BCUT2D eigenvalue weighted by Crippen LogP contribution is -1.99. The third-order valence-electron chi connectivity index (χ3n) is 4.53. The van der Waals surface area contributed by atoms with Gasteiger partial charge in [-0.2, -0.15) is 0 Å². The van der Waals surface area contributed by atoms with Crippen molar-refractivity contribution in [1.82, 2.24) is 9.97 Å². The van der Waals surface area contributed by atoms with Crippen molar-refractivity contribution in [3.8, 4) is 0 Å². The summed E-state index contributed by atoms with van der Waals surface area (Å²) in [5.74, 6) is 0. The summed E-state index contributed by atoms with van der Waals surface area (Å²) in [6.45, 7) is 4.46. The molecule has 0 fully saturated rings. The summed E-state index contributed by atoms with van der Waals surface area (Å²) < 4.78 is 0. The van der Waals surface area contributed by atoms with Crippen molar-refractivity contribution >= 4 is 32.6 Å². The standard InChI is InChI=1S/C20H18N2/c1-3-14-15(4-2)18-16-9-6-5-8-13(16)12-22-20(18)19-17(14)10-7-11-21-19/h5-12H,3-4H2,1-2H3. The van der Waals surface area contributed by atoms with Crippen LogP contribution in [0.25, 0.3) is 32.6 Å². The van der Waals surface area contributed by atoms with Crippen LogP contribution in [0.1, 0.15) is 25.0 Å². The highest BCUT2D eigenvalue weighted by Gasteiger charge is 2.15. The first-order chi connectivity index (χ1) is 10.8. The highest BCUT2D eigenvalue weighted by atomic mass is 14.7. The molecule has 0 atom stereocenters. The van der Waals surface area contributed by atoms with Gasteiger partial charge in [0.05, 0.1) is 11.0 Å². The molecule has 2 heterocycles. The minimum absolute atomic E-state index is 1.01. The number of aromatic nitrogens is 2. The number of hydrogen-bond donors (Lipinski definition) is 0. The van der Waals surface area contributed by atoms with E-state index in [4.69, 9.17) is 4.98 Å². The normalized spacial score (nSPS) is 11.5. The van der Waals surface area contributed by atoms with E-state index in [1.165, 1.54) is 32.7 Å². The van der Waals surface area contributed by atoms with Crippen LogP contribution in [-0.2, 0) is 12.8 Å². The van der Waals surface area contributed by atoms with Crippen LogP contribution in [0.5, 0.6) is 0 Å². The quantitative estimate of drug-likeness (QED) is 0.481. The summed E-state index contributed by atoms with van der Waals surface area (Å²) in [4.78, 5) is 9.40. The zero-order valence-electron chi connectivity index (χ0n) is 12.9. The highest BCUT2D eigenvalue weighted by molar-refractivity contribution is 6.16. The van der Waals surface area contributed by atoms with E-state index >= 15 is 0 Å². The minimum atomic E-state index is 1.01. The number of nitrogens with zero attached hydrogens (tertiary/aromatic N) is 2. The fraction of sp³-hybridized carbons (Fsp3) is 0.200. The van der Waals surface area contributed by atoms with Gasteiger partial charge in [-0.3, -0.25) is 9.97 Å². The Bertz CT molecular complexity index is 996. The molecule has 2 nitrogen and oxygen atoms in total. The van der Waals surface area contributed by atoms with Gasteiger partial charge in [-0.15, -0.1) is 0 Å². The number of fused-ring (bicyclic) bond motifs is 5. The highest BCUT2D eigenvalue weighted by Crippen LogP contribution is 2.35. The molecule has 0 saturated carbocycles. The average molecular weight is 286 g/mol. The number of pyridine rings is 2. The molecule has 0 aliphatic rings. The fourth-order valence-electron chi connectivity index (χ4n) is 3.59. The lowest BCUT2D eigenvalue weighted by Gasteiger charge is -2.16. The smallest absolute Gasteiger partial charge is 0.0974 e. The molecule has 0 spiro atoms. The Labute approximate surface area is 129 Å². The van der Waals surface area contributed by atoms with Crippen molar-refractivity contribution in [2.75, 3.05) is 0 Å². The molecule has 0 aliphatic carbocycles. The zero-order valence-corrected chi connectivity index (χ0v) is 12.9. The Hall–Kier alpha value is -2.48. The van der Waals surface area contributed by atoms with Crippen molar-refractivity contribution in [3.05, 3.63) is 59.9 Å². The van der Waals surface area contributed by atoms with Crippen molar-refractivity contribution in [1.29, 1.82) is 0 Å². The average Bonchev–Trinajstić information content (AvgIpc) is 2.60. The Morgan fingerprint density at radius 3 is 2.36 bits per heavy atom. The number of rotatable bonds is 2. The minimum Gasteiger partial charge on any atom is -0.254 e. The van der Waals surface area contributed by atoms with E-state index in [1.807, 2.05) is 18.5 Å². The maximum absolute atomic E-state index is 4.76. The first-order valence-electron chi connectivity index (χ1n) is 7.91.